The second kappa shape index (κ2) is 7.41. The molecule has 0 radical (unpaired) electrons. The highest BCUT2D eigenvalue weighted by Crippen LogP contribution is 2.20. The summed E-state index contributed by atoms with van der Waals surface area (Å²) in [5.74, 6) is -0.283. The molecular formula is C14H19NO4. The van der Waals surface area contributed by atoms with Crippen LogP contribution < -0.4 is 10.1 Å². The lowest BCUT2D eigenvalue weighted by molar-refractivity contribution is -0.137. The fraction of sp³-hybridized carbons (Fsp3) is 0.429. The molecule has 0 bridgehead atoms. The monoisotopic (exact) mass is 265 g/mol. The van der Waals surface area contributed by atoms with Gasteiger partial charge in [-0.3, -0.25) is 9.59 Å². The van der Waals surface area contributed by atoms with Gasteiger partial charge in [-0.2, -0.15) is 0 Å². The molecule has 0 aliphatic rings. The van der Waals surface area contributed by atoms with Crippen LogP contribution in [0.1, 0.15) is 25.3 Å². The zero-order valence-corrected chi connectivity index (χ0v) is 11.2. The number of carboxylic acid groups (broad SMARTS) is 1. The Morgan fingerprint density at radius 1 is 1.37 bits per heavy atom. The molecule has 104 valence electrons. The smallest absolute Gasteiger partial charge is 0.303 e. The molecule has 1 atom stereocenters. The van der Waals surface area contributed by atoms with Crippen molar-refractivity contribution in [3.8, 4) is 5.75 Å². The predicted molar refractivity (Wildman–Crippen MR) is 71.2 cm³/mol. The largest absolute Gasteiger partial charge is 0.496 e. The number of rotatable bonds is 7. The molecule has 0 spiro atoms. The number of ether oxygens (including phenoxy) is 1. The minimum Gasteiger partial charge on any atom is -0.496 e. The van der Waals surface area contributed by atoms with Crippen LogP contribution in [0.2, 0.25) is 0 Å². The second-order valence-corrected chi connectivity index (χ2v) is 4.35. The maximum Gasteiger partial charge on any atom is 0.303 e. The predicted octanol–water partition coefficient (Wildman–Crippen LogP) is 1.61. The molecule has 1 aromatic rings. The Kier molecular flexibility index (Phi) is 5.85. The van der Waals surface area contributed by atoms with Gasteiger partial charge in [-0.25, -0.2) is 0 Å². The van der Waals surface area contributed by atoms with Gasteiger partial charge in [0, 0.05) is 19.4 Å². The number of benzene rings is 1. The van der Waals surface area contributed by atoms with Gasteiger partial charge in [0.25, 0.3) is 0 Å². The van der Waals surface area contributed by atoms with E-state index in [-0.39, 0.29) is 18.4 Å². The molecule has 0 saturated heterocycles. The van der Waals surface area contributed by atoms with Crippen molar-refractivity contribution >= 4 is 11.9 Å². The van der Waals surface area contributed by atoms with E-state index in [1.807, 2.05) is 24.3 Å². The van der Waals surface area contributed by atoms with E-state index in [1.54, 1.807) is 7.11 Å². The lowest BCUT2D eigenvalue weighted by Crippen LogP contribution is -2.35. The summed E-state index contributed by atoms with van der Waals surface area (Å²) >= 11 is 0. The van der Waals surface area contributed by atoms with E-state index in [2.05, 4.69) is 5.32 Å². The van der Waals surface area contributed by atoms with Crippen LogP contribution in [0, 0.1) is 0 Å². The lowest BCUT2D eigenvalue weighted by Gasteiger charge is -2.18. The zero-order chi connectivity index (χ0) is 14.3. The van der Waals surface area contributed by atoms with Crippen molar-refractivity contribution in [2.24, 2.45) is 0 Å². The van der Waals surface area contributed by atoms with Gasteiger partial charge in [0.1, 0.15) is 5.75 Å². The van der Waals surface area contributed by atoms with E-state index in [9.17, 15) is 9.59 Å². The number of carboxylic acids is 1. The van der Waals surface area contributed by atoms with Crippen LogP contribution in [0.25, 0.3) is 0 Å². The number of aliphatic carboxylic acids is 1. The molecule has 19 heavy (non-hydrogen) atoms. The minimum absolute atomic E-state index is 0.0279. The van der Waals surface area contributed by atoms with Crippen LogP contribution in [0.4, 0.5) is 0 Å². The Labute approximate surface area is 112 Å². The van der Waals surface area contributed by atoms with E-state index in [0.717, 1.165) is 11.3 Å². The number of hydrogen-bond donors (Lipinski definition) is 2. The summed E-state index contributed by atoms with van der Waals surface area (Å²) in [7, 11) is 1.59. The molecule has 0 aliphatic carbocycles. The zero-order valence-electron chi connectivity index (χ0n) is 11.2. The van der Waals surface area contributed by atoms with Gasteiger partial charge in [0.2, 0.25) is 5.91 Å². The van der Waals surface area contributed by atoms with E-state index in [0.29, 0.717) is 12.8 Å². The van der Waals surface area contributed by atoms with Gasteiger partial charge >= 0.3 is 5.97 Å². The molecule has 0 saturated carbocycles. The maximum absolute atomic E-state index is 11.2. The Hall–Kier alpha value is -2.04. The maximum atomic E-state index is 11.2. The summed E-state index contributed by atoms with van der Waals surface area (Å²) in [6.45, 7) is 1.43. The first kappa shape index (κ1) is 15.0. The third kappa shape index (κ3) is 5.42. The summed E-state index contributed by atoms with van der Waals surface area (Å²) in [4.78, 5) is 21.8. The van der Waals surface area contributed by atoms with Crippen molar-refractivity contribution in [3.05, 3.63) is 29.8 Å². The molecule has 2 N–H and O–H groups in total. The first-order valence-corrected chi connectivity index (χ1v) is 6.13. The Balaban J connectivity index is 2.74. The number of nitrogens with one attached hydrogen (secondary N) is 1. The molecule has 5 nitrogen and oxygen atoms in total. The van der Waals surface area contributed by atoms with Crippen LogP contribution in [-0.4, -0.2) is 30.1 Å². The molecule has 0 heterocycles. The quantitative estimate of drug-likeness (QED) is 0.785. The van der Waals surface area contributed by atoms with Crippen LogP contribution in [0.15, 0.2) is 24.3 Å². The molecule has 1 aromatic carbocycles. The number of carbonyl (C=O) groups excluding carboxylic acids is 1. The van der Waals surface area contributed by atoms with Crippen LogP contribution >= 0.6 is 0 Å². The first-order valence-electron chi connectivity index (χ1n) is 6.13. The fourth-order valence-corrected chi connectivity index (χ4v) is 1.95. The van der Waals surface area contributed by atoms with Crippen molar-refractivity contribution in [2.45, 2.75) is 32.2 Å². The Bertz CT molecular complexity index is 445. The Morgan fingerprint density at radius 3 is 2.63 bits per heavy atom. The van der Waals surface area contributed by atoms with Crippen molar-refractivity contribution in [1.82, 2.24) is 5.32 Å². The van der Waals surface area contributed by atoms with Crippen LogP contribution in [0.3, 0.4) is 0 Å². The van der Waals surface area contributed by atoms with Crippen molar-refractivity contribution < 1.29 is 19.4 Å². The average Bonchev–Trinajstić information content (AvgIpc) is 2.36. The molecule has 0 fully saturated rings. The number of amides is 1. The molecule has 0 aliphatic heterocycles. The highest BCUT2D eigenvalue weighted by Gasteiger charge is 2.15. The summed E-state index contributed by atoms with van der Waals surface area (Å²) in [5.41, 5.74) is 0.953. The summed E-state index contributed by atoms with van der Waals surface area (Å²) in [5, 5.41) is 11.5. The van der Waals surface area contributed by atoms with E-state index < -0.39 is 5.97 Å². The lowest BCUT2D eigenvalue weighted by atomic mass is 10.0. The van der Waals surface area contributed by atoms with Crippen molar-refractivity contribution in [1.29, 1.82) is 0 Å². The number of hydrogen-bond acceptors (Lipinski definition) is 3. The molecule has 5 heteroatoms. The van der Waals surface area contributed by atoms with E-state index in [4.69, 9.17) is 9.84 Å². The third-order valence-electron chi connectivity index (χ3n) is 2.77. The van der Waals surface area contributed by atoms with Crippen LogP contribution in [-0.2, 0) is 16.0 Å². The van der Waals surface area contributed by atoms with Gasteiger partial charge in [0.15, 0.2) is 0 Å². The number of para-hydroxylation sites is 1. The Morgan fingerprint density at radius 2 is 2.05 bits per heavy atom. The van der Waals surface area contributed by atoms with Gasteiger partial charge < -0.3 is 15.2 Å². The normalized spacial score (nSPS) is 11.7. The number of carbonyl (C=O) groups is 2. The summed E-state index contributed by atoms with van der Waals surface area (Å²) < 4.78 is 5.25. The SMILES string of the molecule is COc1ccccc1C[C@H](CCC(=O)O)NC(C)=O. The van der Waals surface area contributed by atoms with Gasteiger partial charge in [-0.1, -0.05) is 18.2 Å². The highest BCUT2D eigenvalue weighted by molar-refractivity contribution is 5.73. The minimum atomic E-state index is -0.865. The summed E-state index contributed by atoms with van der Waals surface area (Å²) in [6, 6.07) is 7.31. The standard InChI is InChI=1S/C14H19NO4/c1-10(16)15-12(7-8-14(17)18)9-11-5-3-4-6-13(11)19-2/h3-6,12H,7-9H2,1-2H3,(H,15,16)(H,17,18)/t12-/m0/s1. The molecule has 1 amide bonds. The average molecular weight is 265 g/mol. The van der Waals surface area contributed by atoms with Crippen molar-refractivity contribution in [3.63, 3.8) is 0 Å². The number of methoxy groups -OCH3 is 1. The molecule has 0 unspecified atom stereocenters. The third-order valence-corrected chi connectivity index (χ3v) is 2.77. The van der Waals surface area contributed by atoms with E-state index in [1.165, 1.54) is 6.92 Å². The highest BCUT2D eigenvalue weighted by atomic mass is 16.5. The van der Waals surface area contributed by atoms with Gasteiger partial charge in [-0.05, 0) is 24.5 Å². The summed E-state index contributed by atoms with van der Waals surface area (Å²) in [6.07, 6.45) is 0.976. The first-order chi connectivity index (χ1) is 9.02. The molecule has 1 rings (SSSR count). The molecular weight excluding hydrogens is 246 g/mol. The molecule has 0 aromatic heterocycles. The van der Waals surface area contributed by atoms with Gasteiger partial charge in [0.05, 0.1) is 7.11 Å². The second-order valence-electron chi connectivity index (χ2n) is 4.35. The van der Waals surface area contributed by atoms with Crippen molar-refractivity contribution in [2.75, 3.05) is 7.11 Å². The van der Waals surface area contributed by atoms with Crippen LogP contribution in [0.5, 0.6) is 5.75 Å². The fourth-order valence-electron chi connectivity index (χ4n) is 1.95. The van der Waals surface area contributed by atoms with E-state index >= 15 is 0 Å². The topological polar surface area (TPSA) is 75.6 Å². The van der Waals surface area contributed by atoms with Gasteiger partial charge in [-0.15, -0.1) is 0 Å².